The number of rotatable bonds is 5. The molecule has 0 aliphatic heterocycles. The number of aromatic carboxylic acids is 1. The van der Waals surface area contributed by atoms with Crippen LogP contribution in [0.15, 0.2) is 22.8 Å². The number of hydrogen-bond donors (Lipinski definition) is 1. The lowest BCUT2D eigenvalue weighted by Crippen LogP contribution is -2.02. The number of carboxylic acids is 1. The van der Waals surface area contributed by atoms with Gasteiger partial charge in [0, 0.05) is 0 Å². The Balaban J connectivity index is 2.16. The zero-order valence-corrected chi connectivity index (χ0v) is 10.4. The molecule has 0 bridgehead atoms. The normalized spacial score (nSPS) is 10.2. The van der Waals surface area contributed by atoms with Gasteiger partial charge in [-0.1, -0.05) is 10.3 Å². The summed E-state index contributed by atoms with van der Waals surface area (Å²) < 4.78 is 15.1. The number of nitrogens with zero attached hydrogens (tertiary/aromatic N) is 2. The predicted molar refractivity (Wildman–Crippen MR) is 63.3 cm³/mol. The van der Waals surface area contributed by atoms with Gasteiger partial charge < -0.3 is 14.6 Å². The van der Waals surface area contributed by atoms with Gasteiger partial charge in [0.05, 0.1) is 12.7 Å². The van der Waals surface area contributed by atoms with Crippen LogP contribution in [-0.2, 0) is 6.61 Å². The van der Waals surface area contributed by atoms with Crippen LogP contribution in [0.3, 0.4) is 0 Å². The maximum Gasteiger partial charge on any atom is 0.335 e. The summed E-state index contributed by atoms with van der Waals surface area (Å²) in [6.07, 6.45) is 0. The Bertz CT molecular complexity index is 594. The monoisotopic (exact) mass is 264 g/mol. The van der Waals surface area contributed by atoms with Gasteiger partial charge in [0.1, 0.15) is 18.0 Å². The summed E-state index contributed by atoms with van der Waals surface area (Å²) in [4.78, 5) is 10.8. The summed E-state index contributed by atoms with van der Waals surface area (Å²) in [6, 6.07) is 4.37. The van der Waals surface area contributed by atoms with E-state index in [2.05, 4.69) is 14.9 Å². The van der Waals surface area contributed by atoms with Crippen LogP contribution in [0.5, 0.6) is 11.5 Å². The van der Waals surface area contributed by atoms with Gasteiger partial charge in [0.25, 0.3) is 0 Å². The van der Waals surface area contributed by atoms with Crippen molar-refractivity contribution in [1.29, 1.82) is 0 Å². The Kier molecular flexibility index (Phi) is 3.65. The lowest BCUT2D eigenvalue weighted by Gasteiger charge is -2.10. The van der Waals surface area contributed by atoms with Crippen LogP contribution in [0.2, 0.25) is 0 Å². The molecule has 2 aromatic rings. The lowest BCUT2D eigenvalue weighted by molar-refractivity contribution is 0.0696. The zero-order valence-electron chi connectivity index (χ0n) is 10.4. The first-order chi connectivity index (χ1) is 9.11. The van der Waals surface area contributed by atoms with Crippen LogP contribution in [0.4, 0.5) is 0 Å². The molecule has 1 aromatic carbocycles. The van der Waals surface area contributed by atoms with E-state index in [4.69, 9.17) is 14.6 Å². The first-order valence-corrected chi connectivity index (χ1v) is 5.44. The van der Waals surface area contributed by atoms with E-state index in [0.717, 1.165) is 0 Å². The molecule has 1 heterocycles. The summed E-state index contributed by atoms with van der Waals surface area (Å²) in [6.45, 7) is 1.91. The van der Waals surface area contributed by atoms with Gasteiger partial charge in [-0.15, -0.1) is 0 Å². The van der Waals surface area contributed by atoms with E-state index >= 15 is 0 Å². The molecular formula is C12H12N2O5. The second-order valence-corrected chi connectivity index (χ2v) is 3.76. The van der Waals surface area contributed by atoms with Gasteiger partial charge in [-0.2, -0.15) is 0 Å². The summed E-state index contributed by atoms with van der Waals surface area (Å²) in [5, 5.41) is 16.2. The zero-order chi connectivity index (χ0) is 13.8. The maximum absolute atomic E-state index is 10.8. The molecule has 2 rings (SSSR count). The molecule has 0 saturated carbocycles. The van der Waals surface area contributed by atoms with Crippen LogP contribution < -0.4 is 9.47 Å². The number of aromatic nitrogens is 2. The molecule has 19 heavy (non-hydrogen) atoms. The predicted octanol–water partition coefficient (Wildman–Crippen LogP) is 1.66. The molecule has 0 spiro atoms. The molecule has 100 valence electrons. The first kappa shape index (κ1) is 12.9. The molecule has 0 aliphatic carbocycles. The van der Waals surface area contributed by atoms with Gasteiger partial charge >= 0.3 is 5.97 Å². The summed E-state index contributed by atoms with van der Waals surface area (Å²) in [7, 11) is 1.44. The largest absolute Gasteiger partial charge is 0.493 e. The summed E-state index contributed by atoms with van der Waals surface area (Å²) >= 11 is 0. The van der Waals surface area contributed by atoms with Crippen molar-refractivity contribution in [3.8, 4) is 11.5 Å². The average molecular weight is 264 g/mol. The number of methoxy groups -OCH3 is 1. The minimum Gasteiger partial charge on any atom is -0.493 e. The molecular weight excluding hydrogens is 252 g/mol. The van der Waals surface area contributed by atoms with Crippen molar-refractivity contribution >= 4 is 5.97 Å². The van der Waals surface area contributed by atoms with Gasteiger partial charge in [-0.05, 0) is 25.1 Å². The van der Waals surface area contributed by atoms with Crippen LogP contribution >= 0.6 is 0 Å². The number of benzene rings is 1. The molecule has 7 nitrogen and oxygen atoms in total. The Morgan fingerprint density at radius 1 is 1.37 bits per heavy atom. The highest BCUT2D eigenvalue weighted by atomic mass is 16.6. The van der Waals surface area contributed by atoms with E-state index in [1.165, 1.54) is 25.3 Å². The van der Waals surface area contributed by atoms with E-state index in [-0.39, 0.29) is 12.2 Å². The molecule has 0 saturated heterocycles. The third-order valence-electron chi connectivity index (χ3n) is 2.52. The highest BCUT2D eigenvalue weighted by molar-refractivity contribution is 5.88. The van der Waals surface area contributed by atoms with Crippen LogP contribution in [0.25, 0.3) is 0 Å². The highest BCUT2D eigenvalue weighted by Gasteiger charge is 2.12. The Labute approximate surface area is 108 Å². The molecule has 7 heteroatoms. The Morgan fingerprint density at radius 2 is 2.16 bits per heavy atom. The van der Waals surface area contributed by atoms with Crippen molar-refractivity contribution < 1.29 is 24.0 Å². The molecule has 1 N–H and O–H groups in total. The Hall–Kier alpha value is -2.57. The van der Waals surface area contributed by atoms with Crippen LogP contribution in [-0.4, -0.2) is 28.5 Å². The lowest BCUT2D eigenvalue weighted by atomic mass is 10.2. The fourth-order valence-corrected chi connectivity index (χ4v) is 1.45. The molecule has 0 atom stereocenters. The van der Waals surface area contributed by atoms with Gasteiger partial charge in [0.15, 0.2) is 11.5 Å². The second kappa shape index (κ2) is 5.38. The van der Waals surface area contributed by atoms with Crippen molar-refractivity contribution in [2.45, 2.75) is 13.5 Å². The van der Waals surface area contributed by atoms with E-state index in [1.807, 2.05) is 0 Å². The minimum atomic E-state index is -1.03. The number of carbonyl (C=O) groups is 1. The topological polar surface area (TPSA) is 94.7 Å². The maximum atomic E-state index is 10.8. The number of aryl methyl sites for hydroxylation is 1. The molecule has 0 unspecified atom stereocenters. The van der Waals surface area contributed by atoms with Crippen molar-refractivity contribution in [3.05, 3.63) is 35.2 Å². The van der Waals surface area contributed by atoms with Gasteiger partial charge in [-0.25, -0.2) is 9.42 Å². The average Bonchev–Trinajstić information content (AvgIpc) is 2.81. The third kappa shape index (κ3) is 2.82. The third-order valence-corrected chi connectivity index (χ3v) is 2.52. The molecule has 0 radical (unpaired) electrons. The first-order valence-electron chi connectivity index (χ1n) is 5.44. The van der Waals surface area contributed by atoms with Crippen molar-refractivity contribution in [2.24, 2.45) is 0 Å². The highest BCUT2D eigenvalue weighted by Crippen LogP contribution is 2.28. The van der Waals surface area contributed by atoms with E-state index in [1.54, 1.807) is 6.92 Å². The SMILES string of the molecule is COc1cc(C(=O)O)ccc1OCc1nonc1C. The summed E-state index contributed by atoms with van der Waals surface area (Å²) in [5.41, 5.74) is 1.34. The van der Waals surface area contributed by atoms with Crippen LogP contribution in [0.1, 0.15) is 21.7 Å². The molecule has 1 aromatic heterocycles. The van der Waals surface area contributed by atoms with Crippen molar-refractivity contribution in [2.75, 3.05) is 7.11 Å². The van der Waals surface area contributed by atoms with Crippen molar-refractivity contribution in [3.63, 3.8) is 0 Å². The fraction of sp³-hybridized carbons (Fsp3) is 0.250. The smallest absolute Gasteiger partial charge is 0.335 e. The fourth-order valence-electron chi connectivity index (χ4n) is 1.45. The Morgan fingerprint density at radius 3 is 2.74 bits per heavy atom. The van der Waals surface area contributed by atoms with Gasteiger partial charge in [-0.3, -0.25) is 0 Å². The molecule has 0 amide bonds. The van der Waals surface area contributed by atoms with E-state index in [0.29, 0.717) is 22.9 Å². The number of hydrogen-bond acceptors (Lipinski definition) is 6. The quantitative estimate of drug-likeness (QED) is 0.877. The summed E-state index contributed by atoms with van der Waals surface area (Å²) in [5.74, 6) is -0.259. The second-order valence-electron chi connectivity index (χ2n) is 3.76. The minimum absolute atomic E-state index is 0.128. The van der Waals surface area contributed by atoms with Crippen LogP contribution in [0, 0.1) is 6.92 Å². The van der Waals surface area contributed by atoms with E-state index in [9.17, 15) is 4.79 Å². The van der Waals surface area contributed by atoms with E-state index < -0.39 is 5.97 Å². The standard InChI is InChI=1S/C12H12N2O5/c1-7-9(14-19-13-7)6-18-10-4-3-8(12(15)16)5-11(10)17-2/h3-5H,6H2,1-2H3,(H,15,16). The number of ether oxygens (including phenoxy) is 2. The van der Waals surface area contributed by atoms with Crippen molar-refractivity contribution in [1.82, 2.24) is 10.3 Å². The molecule has 0 fully saturated rings. The molecule has 0 aliphatic rings. The van der Waals surface area contributed by atoms with Gasteiger partial charge in [0.2, 0.25) is 0 Å². The number of carboxylic acid groups (broad SMARTS) is 1.